The fourth-order valence-electron chi connectivity index (χ4n) is 6.18. The van der Waals surface area contributed by atoms with E-state index < -0.39 is 10.8 Å². The van der Waals surface area contributed by atoms with Crippen molar-refractivity contribution in [1.29, 1.82) is 0 Å². The van der Waals surface area contributed by atoms with Crippen molar-refractivity contribution in [3.05, 3.63) is 58.5 Å². The highest BCUT2D eigenvalue weighted by Gasteiger charge is 2.30. The summed E-state index contributed by atoms with van der Waals surface area (Å²) in [4.78, 5) is 25.7. The summed E-state index contributed by atoms with van der Waals surface area (Å²) < 4.78 is 20.0. The zero-order chi connectivity index (χ0) is 28.5. The van der Waals surface area contributed by atoms with Gasteiger partial charge in [-0.15, -0.1) is 0 Å². The molecule has 2 unspecified atom stereocenters. The molecule has 10 nitrogen and oxygen atoms in total. The van der Waals surface area contributed by atoms with Crippen molar-refractivity contribution in [2.75, 3.05) is 42.3 Å². The number of hydrogen-bond donors (Lipinski definition) is 2. The number of carbonyl (C=O) groups excluding carboxylic acids is 1. The maximum atomic E-state index is 12.9. The van der Waals surface area contributed by atoms with Gasteiger partial charge in [0.25, 0.3) is 5.91 Å². The minimum Gasteiger partial charge on any atom is -0.381 e. The molecule has 0 bridgehead atoms. The Bertz CT molecular complexity index is 1430. The first-order valence-corrected chi connectivity index (χ1v) is 16.0. The largest absolute Gasteiger partial charge is 0.381 e. The van der Waals surface area contributed by atoms with Crippen molar-refractivity contribution >= 4 is 28.5 Å². The number of amides is 1. The van der Waals surface area contributed by atoms with Crippen molar-refractivity contribution in [3.63, 3.8) is 0 Å². The number of carbonyl (C=O) groups is 1. The van der Waals surface area contributed by atoms with Gasteiger partial charge >= 0.3 is 0 Å². The maximum Gasteiger partial charge on any atom is 0.251 e. The van der Waals surface area contributed by atoms with Crippen LogP contribution < -0.4 is 15.5 Å². The lowest BCUT2D eigenvalue weighted by Gasteiger charge is -2.33. The molecule has 0 aliphatic carbocycles. The molecule has 2 saturated heterocycles. The van der Waals surface area contributed by atoms with Gasteiger partial charge in [0.2, 0.25) is 5.95 Å². The average Bonchev–Trinajstić information content (AvgIpc) is 3.54. The maximum absolute atomic E-state index is 12.9. The summed E-state index contributed by atoms with van der Waals surface area (Å²) in [6.45, 7) is 7.13. The Morgan fingerprint density at radius 2 is 1.83 bits per heavy atom. The Hall–Kier alpha value is -3.31. The number of anilines is 2. The van der Waals surface area contributed by atoms with Gasteiger partial charge in [0.05, 0.1) is 28.2 Å². The summed E-state index contributed by atoms with van der Waals surface area (Å²) in [5.74, 6) is 2.44. The van der Waals surface area contributed by atoms with Gasteiger partial charge in [0.15, 0.2) is 0 Å². The molecule has 6 rings (SSSR count). The lowest BCUT2D eigenvalue weighted by molar-refractivity contribution is 0.0903. The summed E-state index contributed by atoms with van der Waals surface area (Å²) in [5, 5.41) is 11.1. The van der Waals surface area contributed by atoms with E-state index in [1.165, 1.54) is 5.56 Å². The topological polar surface area (TPSA) is 114 Å². The third kappa shape index (κ3) is 6.01. The number of rotatable bonds is 7. The van der Waals surface area contributed by atoms with Crippen LogP contribution in [0.4, 0.5) is 11.8 Å². The smallest absolute Gasteiger partial charge is 0.251 e. The number of benzene rings is 1. The molecule has 0 radical (unpaired) electrons. The molecule has 0 spiro atoms. The predicted molar refractivity (Wildman–Crippen MR) is 159 cm³/mol. The summed E-state index contributed by atoms with van der Waals surface area (Å²) in [7, 11) is 0.842. The van der Waals surface area contributed by atoms with Gasteiger partial charge in [-0.1, -0.05) is 12.1 Å². The number of piperidine rings is 1. The van der Waals surface area contributed by atoms with Crippen molar-refractivity contribution in [3.8, 4) is 0 Å². The molecule has 218 valence electrons. The molecule has 11 heteroatoms. The van der Waals surface area contributed by atoms with Crippen LogP contribution in [0.5, 0.6) is 0 Å². The van der Waals surface area contributed by atoms with Crippen molar-refractivity contribution in [1.82, 2.24) is 25.1 Å². The van der Waals surface area contributed by atoms with Crippen LogP contribution in [0.2, 0.25) is 0 Å². The van der Waals surface area contributed by atoms with E-state index in [0.717, 1.165) is 92.0 Å². The zero-order valence-electron chi connectivity index (χ0n) is 24.1. The van der Waals surface area contributed by atoms with Gasteiger partial charge < -0.3 is 20.3 Å². The first-order valence-electron chi connectivity index (χ1n) is 14.6. The van der Waals surface area contributed by atoms with Gasteiger partial charge in [-0.25, -0.2) is 4.98 Å². The Labute approximate surface area is 243 Å². The molecule has 2 N–H and O–H groups in total. The van der Waals surface area contributed by atoms with Crippen LogP contribution in [0.1, 0.15) is 77.4 Å². The fourth-order valence-corrected chi connectivity index (χ4v) is 7.49. The molecular weight excluding hydrogens is 538 g/mol. The summed E-state index contributed by atoms with van der Waals surface area (Å²) in [6.07, 6.45) is 6.51. The Morgan fingerprint density at radius 3 is 2.51 bits per heavy atom. The number of hydrogen-bond acceptors (Lipinski definition) is 8. The molecule has 0 saturated carbocycles. The highest BCUT2D eigenvalue weighted by Crippen LogP contribution is 2.34. The van der Waals surface area contributed by atoms with E-state index >= 15 is 0 Å². The SMILES string of the molecule is Cc1nn(C)cc1C(C)NC(=O)c1ccc(C2CCN(c3nc4c(c(NC5CCOCC5)n3)S(=O)CC4)CC2)cc1. The summed E-state index contributed by atoms with van der Waals surface area (Å²) >= 11 is 0. The van der Waals surface area contributed by atoms with Crippen LogP contribution in [-0.2, 0) is 29.0 Å². The molecule has 41 heavy (non-hydrogen) atoms. The Kier molecular flexibility index (Phi) is 8.07. The monoisotopic (exact) mass is 577 g/mol. The van der Waals surface area contributed by atoms with Crippen LogP contribution >= 0.6 is 0 Å². The van der Waals surface area contributed by atoms with E-state index in [-0.39, 0.29) is 18.0 Å². The molecule has 3 aromatic rings. The molecule has 3 aliphatic rings. The second kappa shape index (κ2) is 11.9. The van der Waals surface area contributed by atoms with Crippen molar-refractivity contribution in [2.24, 2.45) is 7.05 Å². The zero-order valence-corrected chi connectivity index (χ0v) is 24.9. The number of aryl methyl sites for hydroxylation is 3. The lowest BCUT2D eigenvalue weighted by atomic mass is 9.89. The van der Waals surface area contributed by atoms with Crippen LogP contribution in [0.3, 0.4) is 0 Å². The first-order chi connectivity index (χ1) is 19.9. The number of aromatic nitrogens is 4. The first kappa shape index (κ1) is 27.8. The predicted octanol–water partition coefficient (Wildman–Crippen LogP) is 3.65. The third-order valence-electron chi connectivity index (χ3n) is 8.53. The minimum absolute atomic E-state index is 0.0815. The molecule has 1 amide bonds. The Morgan fingerprint density at radius 1 is 1.10 bits per heavy atom. The van der Waals surface area contributed by atoms with Crippen molar-refractivity contribution < 1.29 is 13.7 Å². The number of fused-ring (bicyclic) bond motifs is 1. The molecular formula is C30H39N7O3S. The van der Waals surface area contributed by atoms with Crippen molar-refractivity contribution in [2.45, 2.75) is 68.8 Å². The van der Waals surface area contributed by atoms with Crippen LogP contribution in [0, 0.1) is 6.92 Å². The van der Waals surface area contributed by atoms with Gasteiger partial charge in [-0.2, -0.15) is 10.1 Å². The Balaban J connectivity index is 1.09. The quantitative estimate of drug-likeness (QED) is 0.438. The second-order valence-corrected chi connectivity index (χ2v) is 12.9. The highest BCUT2D eigenvalue weighted by atomic mass is 32.2. The molecule has 2 fully saturated rings. The highest BCUT2D eigenvalue weighted by molar-refractivity contribution is 7.85. The van der Waals surface area contributed by atoms with Crippen LogP contribution in [-0.4, -0.2) is 68.0 Å². The average molecular weight is 578 g/mol. The normalized spacial score (nSPS) is 20.6. The standard InChI is InChI=1S/C30H39N7O3S/c1-19(25-18-36(3)35-20(25)2)31-29(38)23-6-4-21(5-7-23)22-8-13-37(14-9-22)30-33-26-12-17-41(39)27(26)28(34-30)32-24-10-15-40-16-11-24/h4-7,18-19,22,24H,8-17H2,1-3H3,(H,31,38)(H,32,33,34). The van der Waals surface area contributed by atoms with E-state index in [4.69, 9.17) is 14.7 Å². The van der Waals surface area contributed by atoms with Gasteiger partial charge in [-0.05, 0) is 63.1 Å². The fraction of sp³-hybridized carbons (Fsp3) is 0.533. The lowest BCUT2D eigenvalue weighted by Crippen LogP contribution is -2.35. The molecule has 2 aromatic heterocycles. The minimum atomic E-state index is -1.05. The second-order valence-electron chi connectivity index (χ2n) is 11.4. The molecule has 1 aromatic carbocycles. The van der Waals surface area contributed by atoms with E-state index in [2.05, 4.69) is 32.8 Å². The number of nitrogens with one attached hydrogen (secondary N) is 2. The molecule has 2 atom stereocenters. The van der Waals surface area contributed by atoms with Crippen LogP contribution in [0.25, 0.3) is 0 Å². The van der Waals surface area contributed by atoms with E-state index in [1.807, 2.05) is 39.2 Å². The van der Waals surface area contributed by atoms with Gasteiger partial charge in [0.1, 0.15) is 10.7 Å². The van der Waals surface area contributed by atoms with Crippen LogP contribution in [0.15, 0.2) is 35.4 Å². The number of nitrogens with zero attached hydrogens (tertiary/aromatic N) is 5. The molecule has 5 heterocycles. The molecule has 3 aliphatic heterocycles. The summed E-state index contributed by atoms with van der Waals surface area (Å²) in [6, 6.07) is 8.20. The van der Waals surface area contributed by atoms with E-state index in [1.54, 1.807) is 4.68 Å². The van der Waals surface area contributed by atoms with E-state index in [0.29, 0.717) is 17.2 Å². The van der Waals surface area contributed by atoms with Gasteiger partial charge in [0, 0.05) is 68.9 Å². The van der Waals surface area contributed by atoms with E-state index in [9.17, 15) is 9.00 Å². The number of ether oxygens (including phenoxy) is 1. The third-order valence-corrected chi connectivity index (χ3v) is 9.98. The van der Waals surface area contributed by atoms with Gasteiger partial charge in [-0.3, -0.25) is 13.7 Å². The summed E-state index contributed by atoms with van der Waals surface area (Å²) in [5.41, 5.74) is 4.79.